The zero-order valence-electron chi connectivity index (χ0n) is 13.6. The summed E-state index contributed by atoms with van der Waals surface area (Å²) >= 11 is 1.51. The molecular weight excluding hydrogens is 340 g/mol. The molecule has 0 saturated carbocycles. The van der Waals surface area contributed by atoms with Crippen molar-refractivity contribution in [3.05, 3.63) is 45.1 Å². The largest absolute Gasteiger partial charge is 0.486 e. The number of aryl methyl sites for hydroxylation is 2. The van der Waals surface area contributed by atoms with Gasteiger partial charge >= 0.3 is 0 Å². The quantitative estimate of drug-likeness (QED) is 0.809. The van der Waals surface area contributed by atoms with Crippen LogP contribution in [0.2, 0.25) is 0 Å². The van der Waals surface area contributed by atoms with E-state index in [2.05, 4.69) is 10.9 Å². The van der Waals surface area contributed by atoms with Crippen molar-refractivity contribution in [3.63, 3.8) is 0 Å². The van der Waals surface area contributed by atoms with Gasteiger partial charge in [0.05, 0.1) is 4.88 Å². The molecule has 7 heteroatoms. The molecule has 2 amide bonds. The van der Waals surface area contributed by atoms with Gasteiger partial charge in [-0.1, -0.05) is 0 Å². The minimum atomic E-state index is -0.397. The Balaban J connectivity index is 1.39. The minimum absolute atomic E-state index is 0.287. The van der Waals surface area contributed by atoms with E-state index in [9.17, 15) is 9.59 Å². The molecule has 25 heavy (non-hydrogen) atoms. The molecule has 1 aliphatic carbocycles. The molecule has 2 aromatic rings. The Kier molecular flexibility index (Phi) is 4.31. The number of hydrazine groups is 1. The van der Waals surface area contributed by atoms with E-state index in [4.69, 9.17) is 9.47 Å². The van der Waals surface area contributed by atoms with Gasteiger partial charge in [0, 0.05) is 10.4 Å². The van der Waals surface area contributed by atoms with Gasteiger partial charge in [0.15, 0.2) is 11.5 Å². The number of fused-ring (bicyclic) bond motifs is 2. The number of hydrogen-bond acceptors (Lipinski definition) is 5. The lowest BCUT2D eigenvalue weighted by molar-refractivity contribution is 0.0848. The van der Waals surface area contributed by atoms with Gasteiger partial charge in [0.2, 0.25) is 0 Å². The van der Waals surface area contributed by atoms with Crippen molar-refractivity contribution in [2.24, 2.45) is 0 Å². The molecule has 130 valence electrons. The minimum Gasteiger partial charge on any atom is -0.486 e. The molecule has 0 unspecified atom stereocenters. The number of nitrogens with one attached hydrogen (secondary N) is 2. The fourth-order valence-electron chi connectivity index (χ4n) is 3.03. The molecule has 4 rings (SSSR count). The Bertz CT molecular complexity index is 807. The molecule has 1 aliphatic heterocycles. The lowest BCUT2D eigenvalue weighted by Gasteiger charge is -2.18. The van der Waals surface area contributed by atoms with Crippen LogP contribution in [-0.4, -0.2) is 25.0 Å². The summed E-state index contributed by atoms with van der Waals surface area (Å²) in [6, 6.07) is 6.88. The monoisotopic (exact) mass is 358 g/mol. The molecule has 6 nitrogen and oxygen atoms in total. The van der Waals surface area contributed by atoms with Crippen LogP contribution in [0.15, 0.2) is 24.3 Å². The van der Waals surface area contributed by atoms with Crippen LogP contribution >= 0.6 is 11.3 Å². The van der Waals surface area contributed by atoms with Crippen LogP contribution in [0.3, 0.4) is 0 Å². The summed E-state index contributed by atoms with van der Waals surface area (Å²) in [5.41, 5.74) is 6.60. The van der Waals surface area contributed by atoms with Crippen LogP contribution < -0.4 is 20.3 Å². The third-order valence-corrected chi connectivity index (χ3v) is 5.55. The Hall–Kier alpha value is -2.54. The zero-order valence-corrected chi connectivity index (χ0v) is 14.4. The Morgan fingerprint density at radius 1 is 0.920 bits per heavy atom. The third kappa shape index (κ3) is 3.32. The van der Waals surface area contributed by atoms with Gasteiger partial charge in [-0.05, 0) is 55.5 Å². The highest BCUT2D eigenvalue weighted by atomic mass is 32.1. The second kappa shape index (κ2) is 6.76. The molecule has 0 radical (unpaired) electrons. The molecule has 0 atom stereocenters. The normalized spacial score (nSPS) is 15.2. The lowest BCUT2D eigenvalue weighted by atomic mass is 9.99. The van der Waals surface area contributed by atoms with E-state index < -0.39 is 5.91 Å². The maximum atomic E-state index is 12.3. The van der Waals surface area contributed by atoms with E-state index in [1.165, 1.54) is 34.6 Å². The molecule has 1 aromatic carbocycles. The van der Waals surface area contributed by atoms with Crippen molar-refractivity contribution in [2.45, 2.75) is 25.7 Å². The first-order valence-corrected chi connectivity index (χ1v) is 9.14. The van der Waals surface area contributed by atoms with E-state index in [-0.39, 0.29) is 5.91 Å². The first-order chi connectivity index (χ1) is 12.2. The van der Waals surface area contributed by atoms with Gasteiger partial charge in [0.25, 0.3) is 11.8 Å². The van der Waals surface area contributed by atoms with Gasteiger partial charge < -0.3 is 9.47 Å². The second-order valence-electron chi connectivity index (χ2n) is 6.03. The van der Waals surface area contributed by atoms with Crippen molar-refractivity contribution in [3.8, 4) is 11.5 Å². The number of benzene rings is 1. The summed E-state index contributed by atoms with van der Waals surface area (Å²) in [6.45, 7) is 0.956. The van der Waals surface area contributed by atoms with E-state index in [0.717, 1.165) is 12.8 Å². The van der Waals surface area contributed by atoms with Gasteiger partial charge in [-0.2, -0.15) is 0 Å². The van der Waals surface area contributed by atoms with Gasteiger partial charge in [-0.25, -0.2) is 0 Å². The maximum Gasteiger partial charge on any atom is 0.279 e. The van der Waals surface area contributed by atoms with Crippen LogP contribution in [0.1, 0.15) is 43.3 Å². The van der Waals surface area contributed by atoms with Gasteiger partial charge in [-0.15, -0.1) is 11.3 Å². The van der Waals surface area contributed by atoms with Crippen LogP contribution in [0.5, 0.6) is 11.5 Å². The number of amides is 2. The van der Waals surface area contributed by atoms with Crippen LogP contribution in [0, 0.1) is 0 Å². The fourth-order valence-corrected chi connectivity index (χ4v) is 4.18. The standard InChI is InChI=1S/C18H18N2O4S/c21-17(12-5-6-13-14(9-12)24-8-7-23-13)19-20-18(22)16-10-11-3-1-2-4-15(11)25-16/h5-6,9-10H,1-4,7-8H2,(H,19,21)(H,20,22). The highest BCUT2D eigenvalue weighted by Crippen LogP contribution is 2.31. The Labute approximate surface area is 149 Å². The molecule has 2 heterocycles. The average molecular weight is 358 g/mol. The number of thiophene rings is 1. The average Bonchev–Trinajstić information content (AvgIpc) is 3.09. The molecule has 0 bridgehead atoms. The molecule has 2 N–H and O–H groups in total. The van der Waals surface area contributed by atoms with E-state index >= 15 is 0 Å². The molecule has 0 saturated heterocycles. The van der Waals surface area contributed by atoms with Gasteiger partial charge in [0.1, 0.15) is 13.2 Å². The summed E-state index contributed by atoms with van der Waals surface area (Å²) in [5.74, 6) is 0.476. The number of carbonyl (C=O) groups is 2. The molecule has 0 spiro atoms. The highest BCUT2D eigenvalue weighted by Gasteiger charge is 2.19. The summed E-state index contributed by atoms with van der Waals surface area (Å²) in [4.78, 5) is 26.4. The van der Waals surface area contributed by atoms with E-state index in [1.54, 1.807) is 18.2 Å². The maximum absolute atomic E-state index is 12.3. The third-order valence-electron chi connectivity index (χ3n) is 4.31. The van der Waals surface area contributed by atoms with E-state index in [1.807, 2.05) is 6.07 Å². The fraction of sp³-hybridized carbons (Fsp3) is 0.333. The molecule has 0 fully saturated rings. The van der Waals surface area contributed by atoms with Crippen LogP contribution in [-0.2, 0) is 12.8 Å². The van der Waals surface area contributed by atoms with Crippen LogP contribution in [0.25, 0.3) is 0 Å². The first-order valence-electron chi connectivity index (χ1n) is 8.32. The predicted molar refractivity (Wildman–Crippen MR) is 93.3 cm³/mol. The number of ether oxygens (including phenoxy) is 2. The Morgan fingerprint density at radius 3 is 2.52 bits per heavy atom. The number of hydrogen-bond donors (Lipinski definition) is 2. The summed E-state index contributed by atoms with van der Waals surface area (Å²) in [6.07, 6.45) is 4.42. The van der Waals surface area contributed by atoms with Crippen molar-refractivity contribution < 1.29 is 19.1 Å². The predicted octanol–water partition coefficient (Wildman–Crippen LogP) is 2.47. The van der Waals surface area contributed by atoms with E-state index in [0.29, 0.717) is 35.2 Å². The summed E-state index contributed by atoms with van der Waals surface area (Å²) < 4.78 is 10.9. The Morgan fingerprint density at radius 2 is 1.68 bits per heavy atom. The second-order valence-corrected chi connectivity index (χ2v) is 7.17. The van der Waals surface area contributed by atoms with Crippen LogP contribution in [0.4, 0.5) is 0 Å². The lowest BCUT2D eigenvalue weighted by Crippen LogP contribution is -2.41. The smallest absolute Gasteiger partial charge is 0.279 e. The van der Waals surface area contributed by atoms with Gasteiger partial charge in [-0.3, -0.25) is 20.4 Å². The van der Waals surface area contributed by atoms with Crippen molar-refractivity contribution in [1.82, 2.24) is 10.9 Å². The summed E-state index contributed by atoms with van der Waals surface area (Å²) in [5, 5.41) is 0. The summed E-state index contributed by atoms with van der Waals surface area (Å²) in [7, 11) is 0. The van der Waals surface area contributed by atoms with Crippen molar-refractivity contribution in [2.75, 3.05) is 13.2 Å². The molecule has 2 aliphatic rings. The molecular formula is C18H18N2O4S. The number of carbonyl (C=O) groups excluding carboxylic acids is 2. The van der Waals surface area contributed by atoms with Crippen molar-refractivity contribution in [1.29, 1.82) is 0 Å². The SMILES string of the molecule is O=C(NNC(=O)c1cc2c(s1)CCCC2)c1ccc2c(c1)OCCO2. The van der Waals surface area contributed by atoms with Crippen molar-refractivity contribution >= 4 is 23.2 Å². The topological polar surface area (TPSA) is 76.7 Å². The zero-order chi connectivity index (χ0) is 17.2. The molecule has 1 aromatic heterocycles. The number of rotatable bonds is 2. The first kappa shape index (κ1) is 16.0. The highest BCUT2D eigenvalue weighted by molar-refractivity contribution is 7.14.